The monoisotopic (exact) mass is 295 g/mol. The lowest BCUT2D eigenvalue weighted by atomic mass is 9.78. The highest BCUT2D eigenvalue weighted by molar-refractivity contribution is 6.30. The lowest BCUT2D eigenvalue weighted by Gasteiger charge is -2.34. The van der Waals surface area contributed by atoms with E-state index in [4.69, 9.17) is 16.3 Å². The minimum atomic E-state index is 0.254. The summed E-state index contributed by atoms with van der Waals surface area (Å²) in [5.74, 6) is 1.07. The van der Waals surface area contributed by atoms with Crippen LogP contribution in [-0.4, -0.2) is 19.2 Å². The zero-order chi connectivity index (χ0) is 14.8. The predicted octanol–water partition coefficient (Wildman–Crippen LogP) is 4.23. The number of rotatable bonds is 6. The van der Waals surface area contributed by atoms with Crippen LogP contribution in [0.3, 0.4) is 0 Å². The van der Waals surface area contributed by atoms with Gasteiger partial charge in [0.05, 0.1) is 6.61 Å². The number of benzene rings is 1. The summed E-state index contributed by atoms with van der Waals surface area (Å²) in [5.41, 5.74) is 2.76. The molecule has 0 saturated heterocycles. The first-order valence-corrected chi connectivity index (χ1v) is 8.03. The summed E-state index contributed by atoms with van der Waals surface area (Å²) in [5, 5.41) is 4.46. The first-order valence-electron chi connectivity index (χ1n) is 7.65. The van der Waals surface area contributed by atoms with Crippen molar-refractivity contribution in [1.82, 2.24) is 5.32 Å². The SMILES string of the molecule is CCNC(Cc1cc(Cl)cc2c1OCC2)C(C)(C)CC. The molecule has 0 amide bonds. The van der Waals surface area contributed by atoms with Crippen molar-refractivity contribution in [3.8, 4) is 5.75 Å². The van der Waals surface area contributed by atoms with Crippen LogP contribution in [0, 0.1) is 5.41 Å². The molecule has 0 spiro atoms. The largest absolute Gasteiger partial charge is 0.493 e. The van der Waals surface area contributed by atoms with E-state index in [1.54, 1.807) is 0 Å². The van der Waals surface area contributed by atoms with Crippen molar-refractivity contribution in [2.45, 2.75) is 53.0 Å². The van der Waals surface area contributed by atoms with Crippen LogP contribution in [0.5, 0.6) is 5.75 Å². The van der Waals surface area contributed by atoms with Crippen LogP contribution in [0.15, 0.2) is 12.1 Å². The molecule has 0 bridgehead atoms. The van der Waals surface area contributed by atoms with E-state index in [2.05, 4.69) is 39.1 Å². The zero-order valence-electron chi connectivity index (χ0n) is 13.1. The molecule has 1 unspecified atom stereocenters. The van der Waals surface area contributed by atoms with Crippen molar-refractivity contribution in [3.63, 3.8) is 0 Å². The topological polar surface area (TPSA) is 21.3 Å². The van der Waals surface area contributed by atoms with Gasteiger partial charge in [0.15, 0.2) is 0 Å². The van der Waals surface area contributed by atoms with Gasteiger partial charge in [0.1, 0.15) is 5.75 Å². The van der Waals surface area contributed by atoms with E-state index in [1.165, 1.54) is 11.1 Å². The molecule has 0 radical (unpaired) electrons. The molecule has 1 heterocycles. The van der Waals surface area contributed by atoms with Gasteiger partial charge < -0.3 is 10.1 Å². The quantitative estimate of drug-likeness (QED) is 0.848. The summed E-state index contributed by atoms with van der Waals surface area (Å²) in [6.45, 7) is 10.8. The van der Waals surface area contributed by atoms with Gasteiger partial charge in [0.2, 0.25) is 0 Å². The molecule has 1 aromatic rings. The van der Waals surface area contributed by atoms with Crippen molar-refractivity contribution in [2.24, 2.45) is 5.41 Å². The van der Waals surface area contributed by atoms with Crippen molar-refractivity contribution in [1.29, 1.82) is 0 Å². The number of ether oxygens (including phenoxy) is 1. The van der Waals surface area contributed by atoms with Gasteiger partial charge in [-0.1, -0.05) is 39.3 Å². The van der Waals surface area contributed by atoms with Crippen LogP contribution in [-0.2, 0) is 12.8 Å². The van der Waals surface area contributed by atoms with Gasteiger partial charge in [0.25, 0.3) is 0 Å². The van der Waals surface area contributed by atoms with E-state index < -0.39 is 0 Å². The Morgan fingerprint density at radius 3 is 2.75 bits per heavy atom. The molecule has 1 aromatic carbocycles. The van der Waals surface area contributed by atoms with E-state index >= 15 is 0 Å². The number of nitrogens with one attached hydrogen (secondary N) is 1. The minimum absolute atomic E-state index is 0.254. The maximum Gasteiger partial charge on any atom is 0.125 e. The van der Waals surface area contributed by atoms with Gasteiger partial charge in [-0.05, 0) is 48.1 Å². The fourth-order valence-corrected chi connectivity index (χ4v) is 3.10. The first-order chi connectivity index (χ1) is 9.47. The maximum atomic E-state index is 6.26. The van der Waals surface area contributed by atoms with Crippen LogP contribution in [0.4, 0.5) is 0 Å². The first kappa shape index (κ1) is 15.7. The highest BCUT2D eigenvalue weighted by atomic mass is 35.5. The molecule has 0 saturated carbocycles. The molecular formula is C17H26ClNO. The van der Waals surface area contributed by atoms with Crippen molar-refractivity contribution < 1.29 is 4.74 Å². The summed E-state index contributed by atoms with van der Waals surface area (Å²) in [7, 11) is 0. The summed E-state index contributed by atoms with van der Waals surface area (Å²) >= 11 is 6.26. The van der Waals surface area contributed by atoms with E-state index in [1.807, 2.05) is 6.07 Å². The number of fused-ring (bicyclic) bond motifs is 1. The van der Waals surface area contributed by atoms with E-state index in [-0.39, 0.29) is 5.41 Å². The second-order valence-corrected chi connectivity index (χ2v) is 6.74. The second-order valence-electron chi connectivity index (χ2n) is 6.31. The Labute approximate surface area is 127 Å². The smallest absolute Gasteiger partial charge is 0.125 e. The van der Waals surface area contributed by atoms with Gasteiger partial charge in [0, 0.05) is 17.5 Å². The van der Waals surface area contributed by atoms with Gasteiger partial charge in [-0.2, -0.15) is 0 Å². The molecule has 1 aliphatic rings. The minimum Gasteiger partial charge on any atom is -0.493 e. The van der Waals surface area contributed by atoms with Crippen LogP contribution >= 0.6 is 11.6 Å². The number of likely N-dealkylation sites (N-methyl/N-ethyl adjacent to an activating group) is 1. The summed E-state index contributed by atoms with van der Waals surface area (Å²) in [6, 6.07) is 4.55. The molecule has 0 fully saturated rings. The van der Waals surface area contributed by atoms with Crippen molar-refractivity contribution in [3.05, 3.63) is 28.3 Å². The second kappa shape index (κ2) is 6.36. The Balaban J connectivity index is 2.27. The number of hydrogen-bond donors (Lipinski definition) is 1. The average Bonchev–Trinajstić information content (AvgIpc) is 2.86. The van der Waals surface area contributed by atoms with Gasteiger partial charge >= 0.3 is 0 Å². The summed E-state index contributed by atoms with van der Waals surface area (Å²) in [4.78, 5) is 0. The Morgan fingerprint density at radius 1 is 1.35 bits per heavy atom. The molecule has 1 atom stereocenters. The van der Waals surface area contributed by atoms with E-state index in [0.717, 1.165) is 43.2 Å². The fourth-order valence-electron chi connectivity index (χ4n) is 2.84. The Bertz CT molecular complexity index is 470. The van der Waals surface area contributed by atoms with Crippen LogP contribution < -0.4 is 10.1 Å². The van der Waals surface area contributed by atoms with Gasteiger partial charge in [-0.25, -0.2) is 0 Å². The molecule has 3 heteroatoms. The molecule has 1 N–H and O–H groups in total. The van der Waals surface area contributed by atoms with Crippen LogP contribution in [0.25, 0.3) is 0 Å². The maximum absolute atomic E-state index is 6.26. The van der Waals surface area contributed by atoms with E-state index in [0.29, 0.717) is 6.04 Å². The Kier molecular flexibility index (Phi) is 4.98. The lowest BCUT2D eigenvalue weighted by Crippen LogP contribution is -2.43. The zero-order valence-corrected chi connectivity index (χ0v) is 13.8. The van der Waals surface area contributed by atoms with Crippen molar-refractivity contribution >= 4 is 11.6 Å². The highest BCUT2D eigenvalue weighted by Gasteiger charge is 2.29. The van der Waals surface area contributed by atoms with Gasteiger partial charge in [-0.15, -0.1) is 0 Å². The standard InChI is InChI=1S/C17H26ClNO/c1-5-17(3,4)15(19-6-2)11-13-10-14(18)9-12-7-8-20-16(12)13/h9-10,15,19H,5-8,11H2,1-4H3. The third-order valence-corrected chi connectivity index (χ3v) is 4.77. The summed E-state index contributed by atoms with van der Waals surface area (Å²) < 4.78 is 5.82. The average molecular weight is 296 g/mol. The normalized spacial score (nSPS) is 15.8. The van der Waals surface area contributed by atoms with E-state index in [9.17, 15) is 0 Å². The molecule has 1 aliphatic heterocycles. The fraction of sp³-hybridized carbons (Fsp3) is 0.647. The predicted molar refractivity (Wildman–Crippen MR) is 85.9 cm³/mol. The van der Waals surface area contributed by atoms with Crippen LogP contribution in [0.1, 0.15) is 45.2 Å². The van der Waals surface area contributed by atoms with Crippen molar-refractivity contribution in [2.75, 3.05) is 13.2 Å². The lowest BCUT2D eigenvalue weighted by molar-refractivity contribution is 0.231. The molecule has 2 rings (SSSR count). The molecule has 0 aromatic heterocycles. The Morgan fingerprint density at radius 2 is 2.10 bits per heavy atom. The number of halogens is 1. The molecule has 20 heavy (non-hydrogen) atoms. The molecule has 0 aliphatic carbocycles. The van der Waals surface area contributed by atoms with Crippen LogP contribution in [0.2, 0.25) is 5.02 Å². The highest BCUT2D eigenvalue weighted by Crippen LogP contribution is 2.36. The summed E-state index contributed by atoms with van der Waals surface area (Å²) in [6.07, 6.45) is 3.10. The molecule has 2 nitrogen and oxygen atoms in total. The Hall–Kier alpha value is -0.730. The molecular weight excluding hydrogens is 270 g/mol. The number of hydrogen-bond acceptors (Lipinski definition) is 2. The third kappa shape index (κ3) is 3.29. The van der Waals surface area contributed by atoms with Gasteiger partial charge in [-0.3, -0.25) is 0 Å². The third-order valence-electron chi connectivity index (χ3n) is 4.55. The molecule has 112 valence electrons.